The molecule has 3 aromatic heterocycles. The van der Waals surface area contributed by atoms with Crippen molar-refractivity contribution in [3.05, 3.63) is 54.6 Å². The number of piperazine rings is 1. The van der Waals surface area contributed by atoms with E-state index in [9.17, 15) is 9.59 Å². The lowest BCUT2D eigenvalue weighted by atomic mass is 10.1. The average Bonchev–Trinajstić information content (AvgIpc) is 3.46. The number of amides is 2. The van der Waals surface area contributed by atoms with E-state index in [1.165, 1.54) is 7.05 Å². The fraction of sp³-hybridized carbons (Fsp3) is 0.367. The Morgan fingerprint density at radius 3 is 2.33 bits per heavy atom. The number of hydrogen-bond donors (Lipinski definition) is 3. The van der Waals surface area contributed by atoms with Gasteiger partial charge >= 0.3 is 6.09 Å². The van der Waals surface area contributed by atoms with Gasteiger partial charge in [-0.25, -0.2) is 14.8 Å². The van der Waals surface area contributed by atoms with Gasteiger partial charge in [-0.2, -0.15) is 5.10 Å². The van der Waals surface area contributed by atoms with Gasteiger partial charge in [0, 0.05) is 46.3 Å². The molecule has 3 N–H and O–H groups in total. The molecule has 0 radical (unpaired) electrons. The molecule has 0 atom stereocenters. The zero-order valence-electron chi connectivity index (χ0n) is 26.2. The standard InChI is InChI=1S/C30H37N11O4/c1-30(2,3)45-29(43)41-14-12-40(13-15-41)19-10-11-23(32-17-19)35-24-16-22(25(37-36-24)28(42)31-4)34-21-9-7-8-20(26(21)44-6)27-33-18-39(5)38-27/h7-11,16-18H,12-15H2,1-6H3,(H,31,42)(H2,32,34,35,36). The quantitative estimate of drug-likeness (QED) is 0.264. The van der Waals surface area contributed by atoms with Gasteiger partial charge in [0.05, 0.1) is 35.9 Å². The minimum atomic E-state index is -0.527. The van der Waals surface area contributed by atoms with E-state index in [1.807, 2.05) is 51.1 Å². The summed E-state index contributed by atoms with van der Waals surface area (Å²) in [6.45, 7) is 8.03. The van der Waals surface area contributed by atoms with Crippen LogP contribution in [0.15, 0.2) is 48.9 Å². The van der Waals surface area contributed by atoms with Crippen LogP contribution < -0.4 is 25.6 Å². The van der Waals surface area contributed by atoms with Crippen LogP contribution >= 0.6 is 0 Å². The number of carbonyl (C=O) groups is 2. The SMILES string of the molecule is CNC(=O)c1nnc(Nc2ccc(N3CCN(C(=O)OC(C)(C)C)CC3)cn2)cc1Nc1cccc(-c2ncn(C)n2)c1OC. The van der Waals surface area contributed by atoms with Crippen LogP contribution in [-0.2, 0) is 11.8 Å². The summed E-state index contributed by atoms with van der Waals surface area (Å²) in [5.74, 6) is 1.51. The lowest BCUT2D eigenvalue weighted by Gasteiger charge is -2.36. The molecule has 1 aromatic carbocycles. The van der Waals surface area contributed by atoms with Gasteiger partial charge in [0.25, 0.3) is 5.91 Å². The van der Waals surface area contributed by atoms with Crippen LogP contribution in [0.25, 0.3) is 11.4 Å². The summed E-state index contributed by atoms with van der Waals surface area (Å²) in [5.41, 5.74) is 2.17. The minimum Gasteiger partial charge on any atom is -0.494 e. The highest BCUT2D eigenvalue weighted by Crippen LogP contribution is 2.37. The first-order chi connectivity index (χ1) is 21.5. The molecule has 0 bridgehead atoms. The van der Waals surface area contributed by atoms with Crippen molar-refractivity contribution in [1.82, 2.24) is 40.2 Å². The summed E-state index contributed by atoms with van der Waals surface area (Å²) in [6, 6.07) is 11.0. The maximum atomic E-state index is 12.7. The van der Waals surface area contributed by atoms with Gasteiger partial charge < -0.3 is 35.2 Å². The molecular weight excluding hydrogens is 578 g/mol. The van der Waals surface area contributed by atoms with Crippen LogP contribution in [0.5, 0.6) is 5.75 Å². The number of ether oxygens (including phenoxy) is 2. The number of aromatic nitrogens is 6. The van der Waals surface area contributed by atoms with Crippen LogP contribution in [0, 0.1) is 0 Å². The van der Waals surface area contributed by atoms with Crippen LogP contribution in [0.4, 0.5) is 33.5 Å². The third-order valence-corrected chi connectivity index (χ3v) is 6.87. The summed E-state index contributed by atoms with van der Waals surface area (Å²) < 4.78 is 12.8. The van der Waals surface area contributed by atoms with Crippen molar-refractivity contribution in [3.8, 4) is 17.1 Å². The van der Waals surface area contributed by atoms with Crippen LogP contribution in [0.1, 0.15) is 31.3 Å². The summed E-state index contributed by atoms with van der Waals surface area (Å²) in [5, 5.41) is 21.8. The highest BCUT2D eigenvalue weighted by molar-refractivity contribution is 5.99. The van der Waals surface area contributed by atoms with E-state index in [2.05, 4.69) is 46.1 Å². The third kappa shape index (κ3) is 7.37. The predicted octanol–water partition coefficient (Wildman–Crippen LogP) is 3.58. The van der Waals surface area contributed by atoms with Crippen molar-refractivity contribution in [2.45, 2.75) is 26.4 Å². The van der Waals surface area contributed by atoms with E-state index in [-0.39, 0.29) is 11.8 Å². The molecule has 45 heavy (non-hydrogen) atoms. The maximum Gasteiger partial charge on any atom is 0.410 e. The summed E-state index contributed by atoms with van der Waals surface area (Å²) >= 11 is 0. The topological polar surface area (TPSA) is 165 Å². The fourth-order valence-electron chi connectivity index (χ4n) is 4.73. The van der Waals surface area contributed by atoms with Crippen molar-refractivity contribution in [1.29, 1.82) is 0 Å². The monoisotopic (exact) mass is 615 g/mol. The molecule has 15 nitrogen and oxygen atoms in total. The first-order valence-electron chi connectivity index (χ1n) is 14.4. The summed E-state index contributed by atoms with van der Waals surface area (Å²) in [7, 11) is 4.87. The molecule has 236 valence electrons. The molecule has 0 aliphatic carbocycles. The Kier molecular flexibility index (Phi) is 8.97. The van der Waals surface area contributed by atoms with E-state index in [1.54, 1.807) is 42.3 Å². The predicted molar refractivity (Wildman–Crippen MR) is 169 cm³/mol. The van der Waals surface area contributed by atoms with Crippen molar-refractivity contribution in [3.63, 3.8) is 0 Å². The molecule has 1 aliphatic heterocycles. The Bertz CT molecular complexity index is 1660. The highest BCUT2D eigenvalue weighted by atomic mass is 16.6. The fourth-order valence-corrected chi connectivity index (χ4v) is 4.73. The Labute approximate surface area is 261 Å². The zero-order chi connectivity index (χ0) is 32.1. The molecule has 4 heterocycles. The number of nitrogens with zero attached hydrogens (tertiary/aromatic N) is 8. The number of pyridine rings is 1. The van der Waals surface area contributed by atoms with E-state index >= 15 is 0 Å². The van der Waals surface area contributed by atoms with E-state index < -0.39 is 11.5 Å². The largest absolute Gasteiger partial charge is 0.494 e. The number of methoxy groups -OCH3 is 1. The first kappa shape index (κ1) is 31.0. The molecule has 5 rings (SSSR count). The Morgan fingerprint density at radius 2 is 1.71 bits per heavy atom. The lowest BCUT2D eigenvalue weighted by Crippen LogP contribution is -2.50. The van der Waals surface area contributed by atoms with Gasteiger partial charge in [0.2, 0.25) is 0 Å². The molecule has 4 aromatic rings. The Morgan fingerprint density at radius 1 is 0.933 bits per heavy atom. The second kappa shape index (κ2) is 13.0. The number of aryl methyl sites for hydroxylation is 1. The van der Waals surface area contributed by atoms with E-state index in [4.69, 9.17) is 9.47 Å². The van der Waals surface area contributed by atoms with Gasteiger partial charge in [0.15, 0.2) is 23.1 Å². The smallest absolute Gasteiger partial charge is 0.410 e. The Hall–Kier alpha value is -5.47. The molecule has 2 amide bonds. The second-order valence-electron chi connectivity index (χ2n) is 11.3. The number of carbonyl (C=O) groups excluding carboxylic acids is 2. The molecular formula is C30H37N11O4. The van der Waals surface area contributed by atoms with Crippen LogP contribution in [0.2, 0.25) is 0 Å². The first-order valence-corrected chi connectivity index (χ1v) is 14.4. The van der Waals surface area contributed by atoms with Crippen LogP contribution in [-0.4, -0.2) is 92.8 Å². The summed E-state index contributed by atoms with van der Waals surface area (Å²) in [4.78, 5) is 37.8. The van der Waals surface area contributed by atoms with Crippen LogP contribution in [0.3, 0.4) is 0 Å². The summed E-state index contributed by atoms with van der Waals surface area (Å²) in [6.07, 6.45) is 3.07. The Balaban J connectivity index is 1.31. The normalized spacial score (nSPS) is 13.3. The van der Waals surface area contributed by atoms with E-state index in [0.717, 1.165) is 5.69 Å². The number of benzene rings is 1. The van der Waals surface area contributed by atoms with Crippen molar-refractivity contribution < 1.29 is 19.1 Å². The number of rotatable bonds is 8. The third-order valence-electron chi connectivity index (χ3n) is 6.87. The molecule has 1 saturated heterocycles. The van der Waals surface area contributed by atoms with Crippen molar-refractivity contribution in [2.24, 2.45) is 7.05 Å². The zero-order valence-corrected chi connectivity index (χ0v) is 26.2. The molecule has 15 heteroatoms. The van der Waals surface area contributed by atoms with Gasteiger partial charge in [-0.05, 0) is 45.0 Å². The molecule has 0 saturated carbocycles. The second-order valence-corrected chi connectivity index (χ2v) is 11.3. The van der Waals surface area contributed by atoms with E-state index in [0.29, 0.717) is 66.3 Å². The molecule has 1 aliphatic rings. The molecule has 0 unspecified atom stereocenters. The van der Waals surface area contributed by atoms with Gasteiger partial charge in [-0.1, -0.05) is 6.07 Å². The average molecular weight is 616 g/mol. The number of anilines is 5. The molecule has 0 spiro atoms. The highest BCUT2D eigenvalue weighted by Gasteiger charge is 2.26. The van der Waals surface area contributed by atoms with Gasteiger partial charge in [0.1, 0.15) is 17.7 Å². The van der Waals surface area contributed by atoms with Crippen molar-refractivity contribution >= 4 is 40.7 Å². The molecule has 1 fully saturated rings. The maximum absolute atomic E-state index is 12.7. The number of nitrogens with one attached hydrogen (secondary N) is 3. The minimum absolute atomic E-state index is 0.0975. The lowest BCUT2D eigenvalue weighted by molar-refractivity contribution is 0.0240. The van der Waals surface area contributed by atoms with Gasteiger partial charge in [-0.15, -0.1) is 10.2 Å². The van der Waals surface area contributed by atoms with Gasteiger partial charge in [-0.3, -0.25) is 9.48 Å². The number of hydrogen-bond acceptors (Lipinski definition) is 12. The number of para-hydroxylation sites is 1. The van der Waals surface area contributed by atoms with Crippen molar-refractivity contribution in [2.75, 3.05) is 55.9 Å².